The van der Waals surface area contributed by atoms with Crippen LogP contribution in [0.15, 0.2) is 24.3 Å². The van der Waals surface area contributed by atoms with Crippen molar-refractivity contribution >= 4 is 23.7 Å². The maximum Gasteiger partial charge on any atom is 0.123 e. The summed E-state index contributed by atoms with van der Waals surface area (Å²) >= 11 is 1.91. The number of thiazole rings is 1. The van der Waals surface area contributed by atoms with E-state index in [-0.39, 0.29) is 12.4 Å². The molecule has 0 aliphatic carbocycles. The van der Waals surface area contributed by atoms with Crippen molar-refractivity contribution in [1.82, 2.24) is 20.1 Å². The van der Waals surface area contributed by atoms with Gasteiger partial charge in [-0.2, -0.15) is 0 Å². The molecule has 1 saturated heterocycles. The van der Waals surface area contributed by atoms with Crippen LogP contribution in [0.4, 0.5) is 0 Å². The average Bonchev–Trinajstić information content (AvgIpc) is 3.09. The lowest BCUT2D eigenvalue weighted by Crippen LogP contribution is -2.45. The Hall–Kier alpha value is -1.18. The standard InChI is InChI=1S/C21H30N4OS.ClH/c1-15(2)24-10-8-17-20(13-24)27-21(23-17)14-25-11-9-22-12-18(25)16-6-4-5-7-19(16)26-3;/h4-7,15,18,22H,8-14H2,1-3H3;1H. The summed E-state index contributed by atoms with van der Waals surface area (Å²) in [6.45, 7) is 10.7. The Labute approximate surface area is 178 Å². The van der Waals surface area contributed by atoms with Crippen LogP contribution in [-0.2, 0) is 19.5 Å². The Morgan fingerprint density at radius 1 is 1.29 bits per heavy atom. The van der Waals surface area contributed by atoms with Crippen molar-refractivity contribution in [1.29, 1.82) is 0 Å². The maximum atomic E-state index is 5.62. The summed E-state index contributed by atoms with van der Waals surface area (Å²) in [7, 11) is 1.76. The first kappa shape index (κ1) is 21.5. The molecule has 3 heterocycles. The van der Waals surface area contributed by atoms with E-state index in [1.54, 1.807) is 7.11 Å². The van der Waals surface area contributed by atoms with Gasteiger partial charge in [-0.15, -0.1) is 23.7 Å². The SMILES string of the molecule is COc1ccccc1C1CNCCN1Cc1nc2c(s1)CN(C(C)C)CC2.Cl. The van der Waals surface area contributed by atoms with Crippen molar-refractivity contribution in [3.05, 3.63) is 45.4 Å². The summed E-state index contributed by atoms with van der Waals surface area (Å²) < 4.78 is 5.62. The minimum absolute atomic E-state index is 0. The Balaban J connectivity index is 0.00000225. The van der Waals surface area contributed by atoms with Gasteiger partial charge in [-0.05, 0) is 19.9 Å². The zero-order chi connectivity index (χ0) is 18.8. The van der Waals surface area contributed by atoms with E-state index in [2.05, 4.69) is 47.2 Å². The van der Waals surface area contributed by atoms with Gasteiger partial charge in [0.05, 0.1) is 25.4 Å². The summed E-state index contributed by atoms with van der Waals surface area (Å²) in [6.07, 6.45) is 1.08. The summed E-state index contributed by atoms with van der Waals surface area (Å²) in [4.78, 5) is 11.6. The molecule has 1 aromatic heterocycles. The number of methoxy groups -OCH3 is 1. The molecule has 0 amide bonds. The Kier molecular flexibility index (Phi) is 7.34. The van der Waals surface area contributed by atoms with E-state index in [1.807, 2.05) is 17.4 Å². The highest BCUT2D eigenvalue weighted by Crippen LogP contribution is 2.33. The van der Waals surface area contributed by atoms with E-state index < -0.39 is 0 Å². The van der Waals surface area contributed by atoms with Gasteiger partial charge in [-0.1, -0.05) is 18.2 Å². The van der Waals surface area contributed by atoms with Crippen LogP contribution in [0.2, 0.25) is 0 Å². The van der Waals surface area contributed by atoms with Crippen molar-refractivity contribution in [3.63, 3.8) is 0 Å². The lowest BCUT2D eigenvalue weighted by Gasteiger charge is -2.36. The predicted octanol–water partition coefficient (Wildman–Crippen LogP) is 3.49. The molecule has 1 aromatic carbocycles. The molecule has 154 valence electrons. The molecule has 4 rings (SSSR count). The molecule has 7 heteroatoms. The Bertz CT molecular complexity index is 782. The van der Waals surface area contributed by atoms with E-state index in [0.29, 0.717) is 12.1 Å². The van der Waals surface area contributed by atoms with Crippen LogP contribution >= 0.6 is 23.7 Å². The van der Waals surface area contributed by atoms with Gasteiger partial charge in [-0.25, -0.2) is 4.98 Å². The molecule has 2 aliphatic rings. The number of nitrogens with zero attached hydrogens (tertiary/aromatic N) is 3. The topological polar surface area (TPSA) is 40.6 Å². The number of ether oxygens (including phenoxy) is 1. The monoisotopic (exact) mass is 422 g/mol. The van der Waals surface area contributed by atoms with Gasteiger partial charge in [0.25, 0.3) is 0 Å². The zero-order valence-electron chi connectivity index (χ0n) is 17.0. The lowest BCUT2D eigenvalue weighted by atomic mass is 10.0. The third-order valence-corrected chi connectivity index (χ3v) is 6.79. The van der Waals surface area contributed by atoms with E-state index in [0.717, 1.165) is 51.4 Å². The van der Waals surface area contributed by atoms with Crippen molar-refractivity contribution in [2.24, 2.45) is 0 Å². The van der Waals surface area contributed by atoms with E-state index >= 15 is 0 Å². The summed E-state index contributed by atoms with van der Waals surface area (Å²) in [5, 5.41) is 4.80. The van der Waals surface area contributed by atoms with Crippen molar-refractivity contribution in [2.75, 3.05) is 33.3 Å². The first-order valence-electron chi connectivity index (χ1n) is 9.95. The molecule has 0 spiro atoms. The molecule has 2 aromatic rings. The molecule has 0 saturated carbocycles. The van der Waals surface area contributed by atoms with Crippen LogP contribution in [0, 0.1) is 0 Å². The van der Waals surface area contributed by atoms with E-state index in [1.165, 1.54) is 21.1 Å². The number of para-hydroxylation sites is 1. The van der Waals surface area contributed by atoms with Crippen molar-refractivity contribution in [3.8, 4) is 5.75 Å². The molecule has 2 aliphatic heterocycles. The highest BCUT2D eigenvalue weighted by atomic mass is 35.5. The molecule has 1 fully saturated rings. The number of benzene rings is 1. The minimum Gasteiger partial charge on any atom is -0.496 e. The third-order valence-electron chi connectivity index (χ3n) is 5.73. The first-order chi connectivity index (χ1) is 13.2. The Morgan fingerprint density at radius 2 is 2.11 bits per heavy atom. The van der Waals surface area contributed by atoms with Crippen molar-refractivity contribution < 1.29 is 4.74 Å². The predicted molar refractivity (Wildman–Crippen MR) is 118 cm³/mol. The second kappa shape index (κ2) is 9.55. The van der Waals surface area contributed by atoms with Gasteiger partial charge in [0.2, 0.25) is 0 Å². The number of hydrogen-bond donors (Lipinski definition) is 1. The molecular formula is C21H31ClN4OS. The molecule has 1 N–H and O–H groups in total. The fourth-order valence-corrected chi connectivity index (χ4v) is 5.30. The molecule has 28 heavy (non-hydrogen) atoms. The van der Waals surface area contributed by atoms with Crippen LogP contribution < -0.4 is 10.1 Å². The number of aromatic nitrogens is 1. The Morgan fingerprint density at radius 3 is 2.89 bits per heavy atom. The van der Waals surface area contributed by atoms with Crippen LogP contribution in [0.3, 0.4) is 0 Å². The number of hydrogen-bond acceptors (Lipinski definition) is 6. The lowest BCUT2D eigenvalue weighted by molar-refractivity contribution is 0.150. The van der Waals surface area contributed by atoms with Crippen LogP contribution in [0.5, 0.6) is 5.75 Å². The number of halogens is 1. The normalized spacial score (nSPS) is 20.6. The molecule has 1 atom stereocenters. The van der Waals surface area contributed by atoms with Crippen LogP contribution in [0.1, 0.15) is 41.0 Å². The van der Waals surface area contributed by atoms with Gasteiger partial charge in [-0.3, -0.25) is 9.80 Å². The smallest absolute Gasteiger partial charge is 0.123 e. The van der Waals surface area contributed by atoms with Crippen LogP contribution in [-0.4, -0.2) is 54.1 Å². The fraction of sp³-hybridized carbons (Fsp3) is 0.571. The van der Waals surface area contributed by atoms with Crippen LogP contribution in [0.25, 0.3) is 0 Å². The molecule has 0 radical (unpaired) electrons. The molecule has 1 unspecified atom stereocenters. The quantitative estimate of drug-likeness (QED) is 0.798. The maximum absolute atomic E-state index is 5.62. The average molecular weight is 423 g/mol. The first-order valence-corrected chi connectivity index (χ1v) is 10.8. The molecule has 5 nitrogen and oxygen atoms in total. The second-order valence-corrected chi connectivity index (χ2v) is 8.89. The number of nitrogens with one attached hydrogen (secondary N) is 1. The summed E-state index contributed by atoms with van der Waals surface area (Å²) in [5.74, 6) is 0.974. The zero-order valence-corrected chi connectivity index (χ0v) is 18.6. The minimum atomic E-state index is 0. The number of rotatable bonds is 5. The van der Waals surface area contributed by atoms with E-state index in [9.17, 15) is 0 Å². The third kappa shape index (κ3) is 4.52. The summed E-state index contributed by atoms with van der Waals surface area (Å²) in [5.41, 5.74) is 2.59. The van der Waals surface area contributed by atoms with Gasteiger partial charge in [0, 0.05) is 55.6 Å². The summed E-state index contributed by atoms with van der Waals surface area (Å²) in [6, 6.07) is 9.32. The highest BCUT2D eigenvalue weighted by molar-refractivity contribution is 7.11. The van der Waals surface area contributed by atoms with Gasteiger partial charge in [0.15, 0.2) is 0 Å². The van der Waals surface area contributed by atoms with Gasteiger partial charge in [0.1, 0.15) is 10.8 Å². The molecule has 0 bridgehead atoms. The number of fused-ring (bicyclic) bond motifs is 1. The fourth-order valence-electron chi connectivity index (χ4n) is 4.13. The largest absolute Gasteiger partial charge is 0.496 e. The van der Waals surface area contributed by atoms with Gasteiger partial charge < -0.3 is 10.1 Å². The van der Waals surface area contributed by atoms with E-state index in [4.69, 9.17) is 9.72 Å². The highest BCUT2D eigenvalue weighted by Gasteiger charge is 2.28. The van der Waals surface area contributed by atoms with Gasteiger partial charge >= 0.3 is 0 Å². The molecular weight excluding hydrogens is 392 g/mol. The number of piperazine rings is 1. The second-order valence-electron chi connectivity index (χ2n) is 7.72. The van der Waals surface area contributed by atoms with Crippen molar-refractivity contribution in [2.45, 2.75) is 45.4 Å².